The van der Waals surface area contributed by atoms with Crippen molar-refractivity contribution in [1.82, 2.24) is 24.7 Å². The molecule has 0 atom stereocenters. The van der Waals surface area contributed by atoms with Crippen molar-refractivity contribution in [3.8, 4) is 28.3 Å². The van der Waals surface area contributed by atoms with Gasteiger partial charge in [0.15, 0.2) is 11.6 Å². The molecule has 1 amide bonds. The molecule has 0 aliphatic heterocycles. The number of hydrogen-bond donors (Lipinski definition) is 1. The van der Waals surface area contributed by atoms with Crippen molar-refractivity contribution in [3.05, 3.63) is 48.7 Å². The van der Waals surface area contributed by atoms with Crippen molar-refractivity contribution < 1.29 is 13.9 Å². The summed E-state index contributed by atoms with van der Waals surface area (Å²) in [6.45, 7) is 0. The minimum Gasteiger partial charge on any atom is -0.493 e. The van der Waals surface area contributed by atoms with Crippen LogP contribution in [0, 0.1) is 11.7 Å². The fourth-order valence-corrected chi connectivity index (χ4v) is 3.49. The molecule has 3 heterocycles. The van der Waals surface area contributed by atoms with Crippen LogP contribution in [0.2, 0.25) is 0 Å². The van der Waals surface area contributed by atoms with Crippen molar-refractivity contribution in [3.63, 3.8) is 0 Å². The molecule has 3 aromatic heterocycles. The van der Waals surface area contributed by atoms with E-state index in [-0.39, 0.29) is 17.6 Å². The van der Waals surface area contributed by atoms with Crippen LogP contribution in [0.15, 0.2) is 42.9 Å². The minimum atomic E-state index is -0.382. The van der Waals surface area contributed by atoms with Gasteiger partial charge in [-0.2, -0.15) is 5.10 Å². The molecule has 1 aromatic carbocycles. The van der Waals surface area contributed by atoms with Gasteiger partial charge in [-0.05, 0) is 25.0 Å². The third-order valence-electron chi connectivity index (χ3n) is 5.20. The van der Waals surface area contributed by atoms with Crippen LogP contribution in [0.25, 0.3) is 33.5 Å². The molecule has 1 fully saturated rings. The Bertz CT molecular complexity index is 1310. The van der Waals surface area contributed by atoms with Crippen molar-refractivity contribution in [1.29, 1.82) is 0 Å². The summed E-state index contributed by atoms with van der Waals surface area (Å²) in [5, 5.41) is 7.30. The maximum Gasteiger partial charge on any atom is 0.228 e. The van der Waals surface area contributed by atoms with E-state index in [9.17, 15) is 9.18 Å². The quantitative estimate of drug-likeness (QED) is 0.532. The van der Waals surface area contributed by atoms with Gasteiger partial charge in [0.2, 0.25) is 5.91 Å². The van der Waals surface area contributed by atoms with Crippen molar-refractivity contribution >= 4 is 22.8 Å². The minimum absolute atomic E-state index is 0.0136. The lowest BCUT2D eigenvalue weighted by Crippen LogP contribution is -2.15. The van der Waals surface area contributed by atoms with Crippen molar-refractivity contribution in [2.75, 3.05) is 12.4 Å². The predicted molar refractivity (Wildman–Crippen MR) is 113 cm³/mol. The number of fused-ring (bicyclic) bond motifs is 1. The number of aryl methyl sites for hydroxylation is 1. The second-order valence-corrected chi connectivity index (χ2v) is 7.44. The Morgan fingerprint density at radius 1 is 1.19 bits per heavy atom. The van der Waals surface area contributed by atoms with E-state index in [1.165, 1.54) is 19.5 Å². The monoisotopic (exact) mass is 418 g/mol. The predicted octanol–water partition coefficient (Wildman–Crippen LogP) is 3.59. The first-order valence-corrected chi connectivity index (χ1v) is 9.84. The SMILES string of the molecule is COc1cc2ncnc(-c3cn(C)nc3-c3ccccc3F)c2nc1NC(=O)C1CC1. The molecule has 0 radical (unpaired) electrons. The third kappa shape index (κ3) is 3.48. The maximum atomic E-state index is 14.5. The molecule has 1 aliphatic rings. The first-order chi connectivity index (χ1) is 15.0. The average molecular weight is 418 g/mol. The number of nitrogens with zero attached hydrogens (tertiary/aromatic N) is 5. The summed E-state index contributed by atoms with van der Waals surface area (Å²) in [7, 11) is 3.27. The van der Waals surface area contributed by atoms with Gasteiger partial charge in [-0.3, -0.25) is 9.48 Å². The second-order valence-electron chi connectivity index (χ2n) is 7.44. The van der Waals surface area contributed by atoms with Gasteiger partial charge in [-0.25, -0.2) is 19.3 Å². The number of nitrogens with one attached hydrogen (secondary N) is 1. The molecular weight excluding hydrogens is 399 g/mol. The number of carbonyl (C=O) groups is 1. The number of anilines is 1. The van der Waals surface area contributed by atoms with E-state index in [0.717, 1.165) is 12.8 Å². The fraction of sp³-hybridized carbons (Fsp3) is 0.227. The topological polar surface area (TPSA) is 94.8 Å². The third-order valence-corrected chi connectivity index (χ3v) is 5.20. The zero-order valence-electron chi connectivity index (χ0n) is 17.0. The van der Waals surface area contributed by atoms with Gasteiger partial charge < -0.3 is 10.1 Å². The van der Waals surface area contributed by atoms with Crippen LogP contribution < -0.4 is 10.1 Å². The Hall–Kier alpha value is -3.88. The zero-order valence-corrected chi connectivity index (χ0v) is 17.0. The summed E-state index contributed by atoms with van der Waals surface area (Å²) >= 11 is 0. The number of amides is 1. The van der Waals surface area contributed by atoms with Gasteiger partial charge >= 0.3 is 0 Å². The standard InChI is InChI=1S/C22H19FN6O2/c1-29-10-14(18(28-29)13-5-3-4-6-15(13)23)19-20-16(24-11-25-19)9-17(31-2)21(26-20)27-22(30)12-7-8-12/h3-6,9-12H,7-8H2,1-2H3,(H,26,27,30). The van der Waals surface area contributed by atoms with Crippen LogP contribution in [0.3, 0.4) is 0 Å². The van der Waals surface area contributed by atoms with Gasteiger partial charge in [0, 0.05) is 36.4 Å². The molecule has 31 heavy (non-hydrogen) atoms. The van der Waals surface area contributed by atoms with E-state index >= 15 is 0 Å². The van der Waals surface area contributed by atoms with E-state index < -0.39 is 0 Å². The molecule has 4 aromatic rings. The van der Waals surface area contributed by atoms with Crippen LogP contribution >= 0.6 is 0 Å². The number of carbonyl (C=O) groups excluding carboxylic acids is 1. The van der Waals surface area contributed by atoms with E-state index in [2.05, 4.69) is 25.4 Å². The molecule has 1 N–H and O–H groups in total. The first-order valence-electron chi connectivity index (χ1n) is 9.84. The van der Waals surface area contributed by atoms with Crippen LogP contribution in [-0.4, -0.2) is 37.7 Å². The number of rotatable bonds is 5. The molecule has 0 bridgehead atoms. The normalized spacial score (nSPS) is 13.4. The van der Waals surface area contributed by atoms with Gasteiger partial charge in [-0.15, -0.1) is 0 Å². The fourth-order valence-electron chi connectivity index (χ4n) is 3.49. The highest BCUT2D eigenvalue weighted by Gasteiger charge is 2.30. The van der Waals surface area contributed by atoms with Crippen molar-refractivity contribution in [2.24, 2.45) is 13.0 Å². The second kappa shape index (κ2) is 7.42. The Morgan fingerprint density at radius 3 is 2.74 bits per heavy atom. The number of methoxy groups -OCH3 is 1. The average Bonchev–Trinajstić information content (AvgIpc) is 3.55. The smallest absolute Gasteiger partial charge is 0.228 e. The highest BCUT2D eigenvalue weighted by Crippen LogP contribution is 2.37. The number of aromatic nitrogens is 5. The largest absolute Gasteiger partial charge is 0.493 e. The van der Waals surface area contributed by atoms with Crippen LogP contribution in [0.1, 0.15) is 12.8 Å². The highest BCUT2D eigenvalue weighted by molar-refractivity contribution is 5.98. The summed E-state index contributed by atoms with van der Waals surface area (Å²) in [6.07, 6.45) is 4.92. The number of ether oxygens (including phenoxy) is 1. The molecular formula is C22H19FN6O2. The molecule has 0 unspecified atom stereocenters. The van der Waals surface area contributed by atoms with E-state index in [0.29, 0.717) is 45.1 Å². The Kier molecular flexibility index (Phi) is 4.58. The molecule has 1 aliphatic carbocycles. The molecule has 5 rings (SSSR count). The summed E-state index contributed by atoms with van der Waals surface area (Å²) < 4.78 is 21.5. The Morgan fingerprint density at radius 2 is 2.00 bits per heavy atom. The molecule has 8 nitrogen and oxygen atoms in total. The molecule has 1 saturated carbocycles. The maximum absolute atomic E-state index is 14.5. The molecule has 0 spiro atoms. The first kappa shape index (κ1) is 19.1. The van der Waals surface area contributed by atoms with E-state index in [1.807, 2.05) is 0 Å². The lowest BCUT2D eigenvalue weighted by molar-refractivity contribution is -0.117. The lowest BCUT2D eigenvalue weighted by atomic mass is 10.0. The number of halogens is 1. The Balaban J connectivity index is 1.69. The summed E-state index contributed by atoms with van der Waals surface area (Å²) in [5.41, 5.74) is 2.90. The van der Waals surface area contributed by atoms with Crippen molar-refractivity contribution in [2.45, 2.75) is 12.8 Å². The van der Waals surface area contributed by atoms with Crippen LogP contribution in [-0.2, 0) is 11.8 Å². The molecule has 0 saturated heterocycles. The van der Waals surface area contributed by atoms with Gasteiger partial charge in [0.05, 0.1) is 12.6 Å². The lowest BCUT2D eigenvalue weighted by Gasteiger charge is -2.12. The highest BCUT2D eigenvalue weighted by atomic mass is 19.1. The molecule has 9 heteroatoms. The zero-order chi connectivity index (χ0) is 21.5. The molecule has 156 valence electrons. The van der Waals surface area contributed by atoms with E-state index in [4.69, 9.17) is 4.74 Å². The van der Waals surface area contributed by atoms with Gasteiger partial charge in [0.1, 0.15) is 29.0 Å². The Labute approximate surface area is 177 Å². The number of benzene rings is 1. The summed E-state index contributed by atoms with van der Waals surface area (Å²) in [5.74, 6) is 0.260. The van der Waals surface area contributed by atoms with Crippen LogP contribution in [0.5, 0.6) is 5.75 Å². The summed E-state index contributed by atoms with van der Waals surface area (Å²) in [4.78, 5) is 25.7. The van der Waals surface area contributed by atoms with Gasteiger partial charge in [-0.1, -0.05) is 12.1 Å². The van der Waals surface area contributed by atoms with E-state index in [1.54, 1.807) is 42.2 Å². The number of hydrogen-bond acceptors (Lipinski definition) is 6. The number of pyridine rings is 1. The summed E-state index contributed by atoms with van der Waals surface area (Å²) in [6, 6.07) is 8.14. The van der Waals surface area contributed by atoms with Gasteiger partial charge in [0.25, 0.3) is 0 Å². The van der Waals surface area contributed by atoms with Crippen LogP contribution in [0.4, 0.5) is 10.2 Å².